The summed E-state index contributed by atoms with van der Waals surface area (Å²) in [5, 5.41) is 8.25. The number of amides is 3. The van der Waals surface area contributed by atoms with Crippen LogP contribution in [0, 0.1) is 0 Å². The quantitative estimate of drug-likeness (QED) is 0.0499. The smallest absolute Gasteiger partial charge is 0.222 e. The molecular weight excluding hydrogens is 779 g/mol. The molecule has 1 aliphatic heterocycles. The molecule has 3 aromatic carbocycles. The number of piperidine rings is 1. The number of nitrogens with zero attached hydrogens (tertiary/aromatic N) is 5. The lowest BCUT2D eigenvalue weighted by Crippen LogP contribution is -2.38. The van der Waals surface area contributed by atoms with Gasteiger partial charge in [-0.05, 0) is 74.2 Å². The first kappa shape index (κ1) is 42.0. The molecule has 1 aliphatic rings. The fraction of sp³-hybridized carbons (Fsp3) is 0.413. The second kappa shape index (κ2) is 19.3. The van der Waals surface area contributed by atoms with Crippen molar-refractivity contribution in [1.29, 1.82) is 0 Å². The number of hydrogen-bond acceptors (Lipinski definition) is 9. The molecular formula is C46H55N7O4S2. The second-order valence-electron chi connectivity index (χ2n) is 16.2. The van der Waals surface area contributed by atoms with Crippen LogP contribution in [0.3, 0.4) is 0 Å². The maximum absolute atomic E-state index is 13.2. The molecule has 6 aromatic rings. The summed E-state index contributed by atoms with van der Waals surface area (Å²) in [6.07, 6.45) is 12.3. The van der Waals surface area contributed by atoms with Gasteiger partial charge in [-0.3, -0.25) is 19.4 Å². The number of hydrogen-bond donors (Lipinski definition) is 2. The van der Waals surface area contributed by atoms with E-state index in [1.54, 1.807) is 35.0 Å². The van der Waals surface area contributed by atoms with Crippen LogP contribution >= 0.6 is 23.1 Å². The highest BCUT2D eigenvalue weighted by Crippen LogP contribution is 2.42. The number of carbonyl (C=O) groups is 3. The molecule has 3 aromatic heterocycles. The van der Waals surface area contributed by atoms with E-state index in [0.29, 0.717) is 19.6 Å². The molecule has 0 radical (unpaired) electrons. The number of benzene rings is 3. The van der Waals surface area contributed by atoms with Crippen LogP contribution in [-0.4, -0.2) is 75.7 Å². The lowest BCUT2D eigenvalue weighted by atomic mass is 10.0. The van der Waals surface area contributed by atoms with E-state index in [0.717, 1.165) is 119 Å². The average Bonchev–Trinajstić information content (AvgIpc) is 3.89. The molecule has 0 aliphatic carbocycles. The van der Waals surface area contributed by atoms with E-state index >= 15 is 0 Å². The third-order valence-electron chi connectivity index (χ3n) is 10.9. The molecule has 0 atom stereocenters. The fourth-order valence-electron chi connectivity index (χ4n) is 7.84. The predicted octanol–water partition coefficient (Wildman–Crippen LogP) is 10.1. The van der Waals surface area contributed by atoms with Crippen LogP contribution in [0.15, 0.2) is 83.5 Å². The van der Waals surface area contributed by atoms with Gasteiger partial charge in [0.1, 0.15) is 5.75 Å². The third-order valence-corrected chi connectivity index (χ3v) is 12.8. The van der Waals surface area contributed by atoms with Crippen molar-refractivity contribution in [3.63, 3.8) is 0 Å². The Balaban J connectivity index is 0.849. The molecule has 0 saturated carbocycles. The van der Waals surface area contributed by atoms with Crippen molar-refractivity contribution in [3.05, 3.63) is 78.6 Å². The molecule has 59 heavy (non-hydrogen) atoms. The summed E-state index contributed by atoms with van der Waals surface area (Å²) < 4.78 is 9.89. The van der Waals surface area contributed by atoms with Crippen molar-refractivity contribution in [2.45, 2.75) is 94.2 Å². The van der Waals surface area contributed by atoms with E-state index in [1.807, 2.05) is 34.8 Å². The van der Waals surface area contributed by atoms with Crippen LogP contribution in [0.1, 0.15) is 84.6 Å². The molecule has 1 fully saturated rings. The number of ether oxygens (including phenoxy) is 1. The van der Waals surface area contributed by atoms with Crippen LogP contribution in [0.4, 0.5) is 17.1 Å². The minimum absolute atomic E-state index is 0.00465. The molecule has 11 nitrogen and oxygen atoms in total. The maximum Gasteiger partial charge on any atom is 0.222 e. The van der Waals surface area contributed by atoms with Crippen LogP contribution in [-0.2, 0) is 14.4 Å². The zero-order valence-corrected chi connectivity index (χ0v) is 36.2. The fourth-order valence-corrected chi connectivity index (χ4v) is 9.55. The Bertz CT molecular complexity index is 2400. The topological polar surface area (TPSA) is 122 Å². The minimum Gasteiger partial charge on any atom is -0.492 e. The first-order chi connectivity index (χ1) is 28.6. The number of rotatable bonds is 18. The van der Waals surface area contributed by atoms with Crippen molar-refractivity contribution in [2.24, 2.45) is 0 Å². The van der Waals surface area contributed by atoms with Gasteiger partial charge in [0.15, 0.2) is 0 Å². The Hall–Kier alpha value is -5.14. The summed E-state index contributed by atoms with van der Waals surface area (Å²) in [6.45, 7) is 9.09. The highest BCUT2D eigenvalue weighted by atomic mass is 32.2. The number of pyridine rings is 1. The van der Waals surface area contributed by atoms with Gasteiger partial charge in [0.2, 0.25) is 18.2 Å². The summed E-state index contributed by atoms with van der Waals surface area (Å²) in [6, 6.07) is 20.9. The highest BCUT2D eigenvalue weighted by molar-refractivity contribution is 8.00. The SMILES string of the molecule is CNC(=O)CCN(C=O)c1cccc2c1ccn2C1CCN(C(=O)CCCCCCCOc2cc3nccc(Nc4ccc5scnc5c4)c3cc2SC(C)(C)C)CC1. The number of fused-ring (bicyclic) bond motifs is 3. The van der Waals surface area contributed by atoms with Gasteiger partial charge < -0.3 is 29.7 Å². The van der Waals surface area contributed by atoms with Gasteiger partial charge in [-0.25, -0.2) is 4.98 Å². The van der Waals surface area contributed by atoms with Crippen molar-refractivity contribution in [2.75, 3.05) is 43.5 Å². The van der Waals surface area contributed by atoms with Crippen LogP contribution in [0.2, 0.25) is 0 Å². The molecule has 13 heteroatoms. The van der Waals surface area contributed by atoms with Crippen molar-refractivity contribution in [1.82, 2.24) is 24.8 Å². The number of unbranched alkanes of at least 4 members (excludes halogenated alkanes) is 4. The first-order valence-corrected chi connectivity index (χ1v) is 22.4. The van der Waals surface area contributed by atoms with Gasteiger partial charge in [0, 0.05) is 90.9 Å². The standard InChI is InChI=1S/C46H55N7O4S2/c1-46(2,3)59-43-28-35-36(50-32-14-15-42-38(27-32)49-30-58-42)16-21-48-37(35)29-41(43)57-26-9-7-5-6-8-13-45(56)51-22-17-33(18-23-51)53-25-19-34-39(11-10-12-40(34)53)52(31-54)24-20-44(55)47-4/h10-12,14-16,19,21,25,27-31,33H,5-9,13,17-18,20,22-24,26H2,1-4H3,(H,47,55)(H,48,50). The van der Waals surface area contributed by atoms with Crippen molar-refractivity contribution in [3.8, 4) is 5.75 Å². The summed E-state index contributed by atoms with van der Waals surface area (Å²) in [5.74, 6) is 1.02. The Morgan fingerprint density at radius 1 is 0.949 bits per heavy atom. The number of nitrogens with one attached hydrogen (secondary N) is 2. The van der Waals surface area contributed by atoms with E-state index in [9.17, 15) is 14.4 Å². The minimum atomic E-state index is -0.102. The number of aromatic nitrogens is 3. The summed E-state index contributed by atoms with van der Waals surface area (Å²) in [5.41, 5.74) is 7.60. The Morgan fingerprint density at radius 2 is 1.76 bits per heavy atom. The summed E-state index contributed by atoms with van der Waals surface area (Å²) in [7, 11) is 1.60. The molecule has 0 bridgehead atoms. The van der Waals surface area contributed by atoms with Crippen molar-refractivity contribution < 1.29 is 19.1 Å². The number of anilines is 3. The Labute approximate surface area is 354 Å². The molecule has 0 spiro atoms. The number of carbonyl (C=O) groups excluding carboxylic acids is 3. The lowest BCUT2D eigenvalue weighted by molar-refractivity contribution is -0.132. The van der Waals surface area contributed by atoms with E-state index in [4.69, 9.17) is 9.72 Å². The maximum atomic E-state index is 13.2. The monoisotopic (exact) mass is 833 g/mol. The van der Waals surface area contributed by atoms with Crippen LogP contribution in [0.25, 0.3) is 32.0 Å². The Morgan fingerprint density at radius 3 is 2.56 bits per heavy atom. The normalized spacial score (nSPS) is 13.6. The van der Waals surface area contributed by atoms with Crippen LogP contribution in [0.5, 0.6) is 5.75 Å². The molecule has 4 heterocycles. The summed E-state index contributed by atoms with van der Waals surface area (Å²) in [4.78, 5) is 50.8. The third kappa shape index (κ3) is 10.5. The zero-order chi connectivity index (χ0) is 41.4. The molecule has 3 amide bonds. The predicted molar refractivity (Wildman–Crippen MR) is 242 cm³/mol. The second-order valence-corrected chi connectivity index (χ2v) is 18.9. The van der Waals surface area contributed by atoms with Gasteiger partial charge in [-0.1, -0.05) is 46.1 Å². The van der Waals surface area contributed by atoms with Gasteiger partial charge in [0.05, 0.1) is 44.0 Å². The van der Waals surface area contributed by atoms with E-state index in [1.165, 1.54) is 4.70 Å². The van der Waals surface area contributed by atoms with Gasteiger partial charge in [-0.15, -0.1) is 23.1 Å². The number of thiazole rings is 1. The van der Waals surface area contributed by atoms with Crippen molar-refractivity contribution >= 4 is 90.4 Å². The summed E-state index contributed by atoms with van der Waals surface area (Å²) >= 11 is 3.45. The largest absolute Gasteiger partial charge is 0.492 e. The van der Waals surface area contributed by atoms with Crippen LogP contribution < -0.4 is 20.3 Å². The molecule has 1 saturated heterocycles. The zero-order valence-electron chi connectivity index (χ0n) is 34.5. The molecule has 0 unspecified atom stereocenters. The number of thioether (sulfide) groups is 1. The Kier molecular flexibility index (Phi) is 13.7. The van der Waals surface area contributed by atoms with E-state index in [2.05, 4.69) is 89.6 Å². The number of likely N-dealkylation sites (tertiary alicyclic amines) is 1. The van der Waals surface area contributed by atoms with E-state index in [-0.39, 0.29) is 29.0 Å². The van der Waals surface area contributed by atoms with E-state index < -0.39 is 0 Å². The van der Waals surface area contributed by atoms with Gasteiger partial charge in [-0.2, -0.15) is 0 Å². The van der Waals surface area contributed by atoms with Gasteiger partial charge >= 0.3 is 0 Å². The molecule has 7 rings (SSSR count). The molecule has 2 N–H and O–H groups in total. The lowest BCUT2D eigenvalue weighted by Gasteiger charge is -2.33. The van der Waals surface area contributed by atoms with Gasteiger partial charge in [0.25, 0.3) is 0 Å². The average molecular weight is 834 g/mol. The highest BCUT2D eigenvalue weighted by Gasteiger charge is 2.25. The first-order valence-electron chi connectivity index (χ1n) is 20.7. The molecule has 310 valence electrons.